The van der Waals surface area contributed by atoms with Gasteiger partial charge in [-0.1, -0.05) is 6.07 Å². The van der Waals surface area contributed by atoms with Crippen LogP contribution < -0.4 is 4.72 Å². The minimum Gasteiger partial charge on any atom is -0.337 e. The molecular formula is C16H10F2N4O3S2. The summed E-state index contributed by atoms with van der Waals surface area (Å²) < 4.78 is 59.4. The predicted molar refractivity (Wildman–Crippen MR) is 93.9 cm³/mol. The second-order valence-electron chi connectivity index (χ2n) is 5.50. The van der Waals surface area contributed by atoms with Gasteiger partial charge in [-0.25, -0.2) is 21.9 Å². The quantitative estimate of drug-likeness (QED) is 0.544. The second kappa shape index (κ2) is 6.67. The minimum atomic E-state index is -3.97. The molecule has 3 heterocycles. The van der Waals surface area contributed by atoms with Crippen LogP contribution in [0.15, 0.2) is 51.3 Å². The van der Waals surface area contributed by atoms with Gasteiger partial charge in [-0.2, -0.15) is 4.98 Å². The summed E-state index contributed by atoms with van der Waals surface area (Å²) in [6, 6.07) is 6.36. The molecule has 0 saturated carbocycles. The van der Waals surface area contributed by atoms with Crippen LogP contribution in [-0.4, -0.2) is 23.5 Å². The molecule has 0 amide bonds. The molecule has 0 radical (unpaired) electrons. The van der Waals surface area contributed by atoms with Crippen LogP contribution in [0.4, 0.5) is 14.7 Å². The molecule has 0 spiro atoms. The van der Waals surface area contributed by atoms with Gasteiger partial charge in [-0.3, -0.25) is 4.98 Å². The summed E-state index contributed by atoms with van der Waals surface area (Å²) in [7, 11) is -3.97. The first-order valence-electron chi connectivity index (χ1n) is 7.53. The summed E-state index contributed by atoms with van der Waals surface area (Å²) in [6.07, 6.45) is 1.12. The lowest BCUT2D eigenvalue weighted by Crippen LogP contribution is -2.14. The molecule has 0 aliphatic rings. The molecular weight excluding hydrogens is 398 g/mol. The fourth-order valence-corrected chi connectivity index (χ4v) is 4.11. The van der Waals surface area contributed by atoms with Crippen molar-refractivity contribution in [1.29, 1.82) is 0 Å². The van der Waals surface area contributed by atoms with E-state index in [-0.39, 0.29) is 28.7 Å². The summed E-state index contributed by atoms with van der Waals surface area (Å²) in [6.45, 7) is 0. The maximum absolute atomic E-state index is 13.7. The zero-order chi connectivity index (χ0) is 19.0. The number of aromatic nitrogens is 3. The van der Waals surface area contributed by atoms with Crippen LogP contribution in [-0.2, 0) is 16.4 Å². The molecule has 0 fully saturated rings. The Labute approximate surface area is 155 Å². The van der Waals surface area contributed by atoms with Crippen molar-refractivity contribution >= 4 is 37.5 Å². The smallest absolute Gasteiger partial charge is 0.277 e. The Balaban J connectivity index is 1.54. The maximum Gasteiger partial charge on any atom is 0.277 e. The van der Waals surface area contributed by atoms with Crippen LogP contribution in [0, 0.1) is 11.6 Å². The highest BCUT2D eigenvalue weighted by Crippen LogP contribution is 2.23. The fraction of sp³-hybridized carbons (Fsp3) is 0.0625. The molecule has 11 heteroatoms. The average Bonchev–Trinajstić information content (AvgIpc) is 3.25. The normalized spacial score (nSPS) is 11.8. The number of benzene rings is 1. The van der Waals surface area contributed by atoms with Crippen molar-refractivity contribution in [1.82, 2.24) is 15.1 Å². The zero-order valence-corrected chi connectivity index (χ0v) is 15.0. The molecule has 1 N–H and O–H groups in total. The van der Waals surface area contributed by atoms with Crippen molar-refractivity contribution in [2.75, 3.05) is 4.72 Å². The van der Waals surface area contributed by atoms with Crippen LogP contribution in [0.1, 0.15) is 11.5 Å². The van der Waals surface area contributed by atoms with Gasteiger partial charge in [0.15, 0.2) is 0 Å². The van der Waals surface area contributed by atoms with Gasteiger partial charge in [-0.05, 0) is 34.3 Å². The van der Waals surface area contributed by atoms with E-state index in [1.165, 1.54) is 29.7 Å². The number of nitrogens with one attached hydrogen (secondary N) is 1. The number of anilines is 1. The van der Waals surface area contributed by atoms with Gasteiger partial charge in [0.1, 0.15) is 16.5 Å². The van der Waals surface area contributed by atoms with Crippen molar-refractivity contribution in [2.45, 2.75) is 11.3 Å². The molecule has 0 aliphatic carbocycles. The highest BCUT2D eigenvalue weighted by atomic mass is 32.2. The largest absolute Gasteiger partial charge is 0.337 e. The number of sulfonamides is 1. The Morgan fingerprint density at radius 1 is 1.19 bits per heavy atom. The Bertz CT molecular complexity index is 1240. The van der Waals surface area contributed by atoms with E-state index in [0.717, 1.165) is 16.8 Å². The van der Waals surface area contributed by atoms with Crippen molar-refractivity contribution in [3.63, 3.8) is 0 Å². The second-order valence-corrected chi connectivity index (χ2v) is 8.13. The summed E-state index contributed by atoms with van der Waals surface area (Å²) in [4.78, 5) is 7.92. The lowest BCUT2D eigenvalue weighted by atomic mass is 10.1. The first kappa shape index (κ1) is 17.5. The molecule has 0 atom stereocenters. The number of hydrogen-bond donors (Lipinski definition) is 1. The first-order chi connectivity index (χ1) is 12.9. The number of fused-ring (bicyclic) bond motifs is 1. The van der Waals surface area contributed by atoms with Gasteiger partial charge < -0.3 is 4.52 Å². The predicted octanol–water partition coefficient (Wildman–Crippen LogP) is 3.35. The Morgan fingerprint density at radius 2 is 2.04 bits per heavy atom. The molecule has 3 aromatic heterocycles. The van der Waals surface area contributed by atoms with E-state index in [2.05, 4.69) is 19.8 Å². The molecule has 0 aliphatic heterocycles. The highest BCUT2D eigenvalue weighted by Gasteiger charge is 2.19. The van der Waals surface area contributed by atoms with E-state index in [1.807, 2.05) is 5.38 Å². The minimum absolute atomic E-state index is 0.0231. The number of hydrogen-bond acceptors (Lipinski definition) is 7. The average molecular weight is 408 g/mol. The van der Waals surface area contributed by atoms with Crippen molar-refractivity contribution in [3.8, 4) is 0 Å². The third-order valence-corrected chi connectivity index (χ3v) is 5.79. The lowest BCUT2D eigenvalue weighted by molar-refractivity contribution is 0.384. The van der Waals surface area contributed by atoms with Crippen LogP contribution in [0.3, 0.4) is 0 Å². The standard InChI is InChI=1S/C16H10F2N4O3S2/c17-10-2-1-9(12(18)6-10)5-15-20-16(21-25-15)22-27(23,24)11-7-14-13(19-8-11)3-4-26-14/h1-4,6-8H,5H2,(H,21,22). The molecule has 7 nitrogen and oxygen atoms in total. The summed E-state index contributed by atoms with van der Waals surface area (Å²) in [5.41, 5.74) is 0.837. The van der Waals surface area contributed by atoms with Gasteiger partial charge in [-0.15, -0.1) is 11.3 Å². The van der Waals surface area contributed by atoms with Gasteiger partial charge in [0.2, 0.25) is 5.89 Å². The van der Waals surface area contributed by atoms with E-state index in [4.69, 9.17) is 4.52 Å². The summed E-state index contributed by atoms with van der Waals surface area (Å²) >= 11 is 1.36. The number of nitrogens with zero attached hydrogens (tertiary/aromatic N) is 3. The van der Waals surface area contributed by atoms with Crippen LogP contribution in [0.5, 0.6) is 0 Å². The first-order valence-corrected chi connectivity index (χ1v) is 9.89. The van der Waals surface area contributed by atoms with E-state index >= 15 is 0 Å². The summed E-state index contributed by atoms with van der Waals surface area (Å²) in [5, 5.41) is 5.34. The molecule has 4 aromatic rings. The zero-order valence-electron chi connectivity index (χ0n) is 13.4. The van der Waals surface area contributed by atoms with Crippen molar-refractivity contribution in [2.24, 2.45) is 0 Å². The number of thiophene rings is 1. The third kappa shape index (κ3) is 3.64. The van der Waals surface area contributed by atoms with Gasteiger partial charge in [0.05, 0.1) is 16.6 Å². The highest BCUT2D eigenvalue weighted by molar-refractivity contribution is 7.92. The molecule has 1 aromatic carbocycles. The number of halogens is 2. The Hall–Kier alpha value is -2.92. The molecule has 138 valence electrons. The molecule has 27 heavy (non-hydrogen) atoms. The molecule has 0 unspecified atom stereocenters. The van der Waals surface area contributed by atoms with E-state index in [0.29, 0.717) is 5.52 Å². The molecule has 0 bridgehead atoms. The Kier molecular flexibility index (Phi) is 4.32. The Morgan fingerprint density at radius 3 is 2.85 bits per heavy atom. The summed E-state index contributed by atoms with van der Waals surface area (Å²) in [5.74, 6) is -1.78. The third-order valence-electron chi connectivity index (χ3n) is 3.64. The number of pyridine rings is 1. The van der Waals surface area contributed by atoms with Crippen molar-refractivity contribution < 1.29 is 21.7 Å². The number of rotatable bonds is 5. The van der Waals surface area contributed by atoms with Crippen LogP contribution in [0.25, 0.3) is 10.2 Å². The van der Waals surface area contributed by atoms with Gasteiger partial charge in [0, 0.05) is 12.3 Å². The fourth-order valence-electron chi connectivity index (χ4n) is 2.35. The molecule has 4 rings (SSSR count). The maximum atomic E-state index is 13.7. The van der Waals surface area contributed by atoms with Gasteiger partial charge in [0.25, 0.3) is 16.0 Å². The topological polar surface area (TPSA) is 98.0 Å². The SMILES string of the molecule is O=S(=O)(Nc1noc(Cc2ccc(F)cc2F)n1)c1cnc2ccsc2c1. The van der Waals surface area contributed by atoms with Gasteiger partial charge >= 0.3 is 0 Å². The molecule has 0 saturated heterocycles. The van der Waals surface area contributed by atoms with Crippen LogP contribution >= 0.6 is 11.3 Å². The van der Waals surface area contributed by atoms with Crippen LogP contribution in [0.2, 0.25) is 0 Å². The van der Waals surface area contributed by atoms with E-state index in [9.17, 15) is 17.2 Å². The van der Waals surface area contributed by atoms with E-state index < -0.39 is 21.7 Å². The van der Waals surface area contributed by atoms with E-state index in [1.54, 1.807) is 6.07 Å². The monoisotopic (exact) mass is 408 g/mol. The van der Waals surface area contributed by atoms with Crippen molar-refractivity contribution in [3.05, 3.63) is 65.0 Å². The lowest BCUT2D eigenvalue weighted by Gasteiger charge is -2.03.